The van der Waals surface area contributed by atoms with Crippen LogP contribution in [-0.2, 0) is 17.9 Å². The molecule has 0 fully saturated rings. The Morgan fingerprint density at radius 1 is 1.17 bits per heavy atom. The second-order valence-corrected chi connectivity index (χ2v) is 6.79. The molecule has 2 aliphatic heterocycles. The highest BCUT2D eigenvalue weighted by Crippen LogP contribution is 2.38. The van der Waals surface area contributed by atoms with Crippen molar-refractivity contribution < 1.29 is 9.53 Å². The van der Waals surface area contributed by atoms with Crippen LogP contribution in [0.3, 0.4) is 0 Å². The summed E-state index contributed by atoms with van der Waals surface area (Å²) in [6.45, 7) is 1.73. The fourth-order valence-corrected chi connectivity index (χ4v) is 3.81. The number of nitrogens with zero attached hydrogens (tertiary/aromatic N) is 1. The molecule has 0 aliphatic carbocycles. The lowest BCUT2D eigenvalue weighted by molar-refractivity contribution is -0.134. The molecule has 2 aliphatic rings. The van der Waals surface area contributed by atoms with E-state index in [4.69, 9.17) is 27.9 Å². The lowest BCUT2D eigenvalue weighted by Gasteiger charge is -2.28. The topological polar surface area (TPSA) is 29.5 Å². The molecule has 23 heavy (non-hydrogen) atoms. The zero-order valence-corrected chi connectivity index (χ0v) is 13.9. The van der Waals surface area contributed by atoms with Gasteiger partial charge in [-0.25, -0.2) is 0 Å². The monoisotopic (exact) mass is 347 g/mol. The highest BCUT2D eigenvalue weighted by atomic mass is 35.5. The van der Waals surface area contributed by atoms with Gasteiger partial charge in [-0.2, -0.15) is 0 Å². The number of fused-ring (bicyclic) bond motifs is 2. The summed E-state index contributed by atoms with van der Waals surface area (Å²) >= 11 is 12.4. The quantitative estimate of drug-likeness (QED) is 0.764. The molecule has 5 heteroatoms. The van der Waals surface area contributed by atoms with Gasteiger partial charge in [-0.15, -0.1) is 0 Å². The Morgan fingerprint density at radius 3 is 2.87 bits per heavy atom. The smallest absolute Gasteiger partial charge is 0.230 e. The summed E-state index contributed by atoms with van der Waals surface area (Å²) in [6.07, 6.45) is 0.673. The Morgan fingerprint density at radius 2 is 2.04 bits per heavy atom. The van der Waals surface area contributed by atoms with E-state index >= 15 is 0 Å². The molecule has 1 amide bonds. The summed E-state index contributed by atoms with van der Waals surface area (Å²) in [5.41, 5.74) is 3.07. The Bertz CT molecular complexity index is 791. The average molecular weight is 348 g/mol. The molecule has 2 aromatic rings. The van der Waals surface area contributed by atoms with Crippen LogP contribution in [0.4, 0.5) is 0 Å². The Balaban J connectivity index is 1.63. The van der Waals surface area contributed by atoms with E-state index in [1.165, 1.54) is 0 Å². The molecule has 0 bridgehead atoms. The number of amides is 1. The zero-order chi connectivity index (χ0) is 16.0. The van der Waals surface area contributed by atoms with Gasteiger partial charge >= 0.3 is 0 Å². The summed E-state index contributed by atoms with van der Waals surface area (Å²) in [7, 11) is 0. The third-order valence-corrected chi connectivity index (χ3v) is 5.14. The number of ether oxygens (including phenoxy) is 1. The molecular formula is C18H15Cl2NO2. The number of hydrogen-bond donors (Lipinski definition) is 0. The van der Waals surface area contributed by atoms with Gasteiger partial charge in [0.2, 0.25) is 5.91 Å². The normalized spacial score (nSPS) is 19.0. The molecule has 2 aromatic carbocycles. The first-order chi connectivity index (χ1) is 11.1. The van der Waals surface area contributed by atoms with Crippen molar-refractivity contribution in [3.05, 3.63) is 63.1 Å². The maximum Gasteiger partial charge on any atom is 0.230 e. The summed E-state index contributed by atoms with van der Waals surface area (Å²) < 4.78 is 5.65. The first kappa shape index (κ1) is 14.9. The van der Waals surface area contributed by atoms with Crippen LogP contribution in [0.5, 0.6) is 5.75 Å². The molecule has 2 heterocycles. The molecular weight excluding hydrogens is 333 g/mol. The Kier molecular flexibility index (Phi) is 3.70. The number of rotatable bonds is 1. The van der Waals surface area contributed by atoms with Crippen molar-refractivity contribution in [2.24, 2.45) is 0 Å². The largest absolute Gasteiger partial charge is 0.493 e. The molecule has 0 saturated carbocycles. The van der Waals surface area contributed by atoms with E-state index in [-0.39, 0.29) is 11.8 Å². The average Bonchev–Trinajstić information content (AvgIpc) is 2.99. The summed E-state index contributed by atoms with van der Waals surface area (Å²) in [5, 5.41) is 1.35. The minimum atomic E-state index is -0.203. The minimum absolute atomic E-state index is 0.115. The van der Waals surface area contributed by atoms with Crippen LogP contribution in [0, 0.1) is 0 Å². The predicted octanol–water partition coefficient (Wildman–Crippen LogP) is 4.40. The van der Waals surface area contributed by atoms with Crippen LogP contribution in [0.1, 0.15) is 29.0 Å². The Hall–Kier alpha value is -1.71. The molecule has 1 atom stereocenters. The number of halogens is 2. The third-order valence-electron chi connectivity index (χ3n) is 4.55. The maximum atomic E-state index is 13.0. The standard InChI is InChI=1S/C18H15Cl2NO2/c19-12-4-5-17-14(8-12)13(6-7-23-17)18(22)21-9-11-2-1-3-16(20)15(11)10-21/h1-5,8,13H,6-7,9-10H2/t13-/m1/s1. The van der Waals surface area contributed by atoms with Gasteiger partial charge in [0.25, 0.3) is 0 Å². The van der Waals surface area contributed by atoms with Crippen LogP contribution < -0.4 is 4.74 Å². The van der Waals surface area contributed by atoms with E-state index in [0.29, 0.717) is 31.1 Å². The fourth-order valence-electron chi connectivity index (χ4n) is 3.38. The molecule has 118 valence electrons. The van der Waals surface area contributed by atoms with Crippen molar-refractivity contribution in [1.29, 1.82) is 0 Å². The van der Waals surface area contributed by atoms with Crippen molar-refractivity contribution in [2.45, 2.75) is 25.4 Å². The first-order valence-corrected chi connectivity index (χ1v) is 8.36. The van der Waals surface area contributed by atoms with E-state index in [0.717, 1.165) is 27.5 Å². The van der Waals surface area contributed by atoms with Crippen molar-refractivity contribution in [2.75, 3.05) is 6.61 Å². The van der Waals surface area contributed by atoms with Gasteiger partial charge in [0, 0.05) is 28.7 Å². The summed E-state index contributed by atoms with van der Waals surface area (Å²) in [5.74, 6) is 0.670. The minimum Gasteiger partial charge on any atom is -0.493 e. The highest BCUT2D eigenvalue weighted by molar-refractivity contribution is 6.31. The Labute approximate surface area is 144 Å². The van der Waals surface area contributed by atoms with E-state index in [1.807, 2.05) is 35.2 Å². The van der Waals surface area contributed by atoms with Crippen molar-refractivity contribution in [1.82, 2.24) is 4.90 Å². The summed E-state index contributed by atoms with van der Waals surface area (Å²) in [6, 6.07) is 11.3. The van der Waals surface area contributed by atoms with Gasteiger partial charge < -0.3 is 9.64 Å². The fraction of sp³-hybridized carbons (Fsp3) is 0.278. The van der Waals surface area contributed by atoms with Gasteiger partial charge in [-0.1, -0.05) is 35.3 Å². The molecule has 4 rings (SSSR count). The molecule has 0 aromatic heterocycles. The first-order valence-electron chi connectivity index (χ1n) is 7.61. The molecule has 0 radical (unpaired) electrons. The van der Waals surface area contributed by atoms with Gasteiger partial charge in [0.05, 0.1) is 12.5 Å². The molecule has 0 N–H and O–H groups in total. The van der Waals surface area contributed by atoms with Crippen molar-refractivity contribution in [3.8, 4) is 5.75 Å². The zero-order valence-electron chi connectivity index (χ0n) is 12.4. The van der Waals surface area contributed by atoms with E-state index in [9.17, 15) is 4.79 Å². The van der Waals surface area contributed by atoms with Gasteiger partial charge in [-0.3, -0.25) is 4.79 Å². The number of benzene rings is 2. The number of hydrogen-bond acceptors (Lipinski definition) is 2. The molecule has 3 nitrogen and oxygen atoms in total. The lowest BCUT2D eigenvalue weighted by Crippen LogP contribution is -2.33. The lowest BCUT2D eigenvalue weighted by atomic mass is 9.92. The number of carbonyl (C=O) groups is 1. The van der Waals surface area contributed by atoms with Crippen molar-refractivity contribution in [3.63, 3.8) is 0 Å². The molecule has 0 unspecified atom stereocenters. The number of carbonyl (C=O) groups excluding carboxylic acids is 1. The van der Waals surface area contributed by atoms with Crippen LogP contribution in [0.25, 0.3) is 0 Å². The van der Waals surface area contributed by atoms with Crippen LogP contribution in [-0.4, -0.2) is 17.4 Å². The van der Waals surface area contributed by atoms with Crippen LogP contribution >= 0.6 is 23.2 Å². The van der Waals surface area contributed by atoms with E-state index in [2.05, 4.69) is 0 Å². The summed E-state index contributed by atoms with van der Waals surface area (Å²) in [4.78, 5) is 14.9. The second kappa shape index (κ2) is 5.73. The highest BCUT2D eigenvalue weighted by Gasteiger charge is 2.34. The van der Waals surface area contributed by atoms with Crippen LogP contribution in [0.15, 0.2) is 36.4 Å². The van der Waals surface area contributed by atoms with Gasteiger partial charge in [0.1, 0.15) is 5.75 Å². The second-order valence-electron chi connectivity index (χ2n) is 5.94. The molecule has 0 saturated heterocycles. The maximum absolute atomic E-state index is 13.0. The predicted molar refractivity (Wildman–Crippen MR) is 90.0 cm³/mol. The van der Waals surface area contributed by atoms with Gasteiger partial charge in [-0.05, 0) is 41.8 Å². The van der Waals surface area contributed by atoms with Crippen molar-refractivity contribution >= 4 is 29.1 Å². The van der Waals surface area contributed by atoms with Crippen LogP contribution in [0.2, 0.25) is 10.0 Å². The van der Waals surface area contributed by atoms with Gasteiger partial charge in [0.15, 0.2) is 0 Å². The third kappa shape index (κ3) is 2.58. The van der Waals surface area contributed by atoms with E-state index in [1.54, 1.807) is 6.07 Å². The molecule has 0 spiro atoms. The SMILES string of the molecule is O=C([C@@H]1CCOc2ccc(Cl)cc21)N1Cc2cccc(Cl)c2C1. The van der Waals surface area contributed by atoms with E-state index < -0.39 is 0 Å².